The minimum Gasteiger partial charge on any atom is -0.444 e. The van der Waals surface area contributed by atoms with Crippen molar-refractivity contribution in [1.29, 1.82) is 0 Å². The molecule has 0 spiro atoms. The first kappa shape index (κ1) is 82.8. The van der Waals surface area contributed by atoms with E-state index < -0.39 is 115 Å². The van der Waals surface area contributed by atoms with Crippen molar-refractivity contribution in [3.63, 3.8) is 0 Å². The third kappa shape index (κ3) is 14.8. The first-order chi connectivity index (χ1) is 51.9. The Morgan fingerprint density at radius 2 is 1.04 bits per heavy atom. The number of carbonyl (C=O) groups is 3. The number of epoxide rings is 2. The van der Waals surface area contributed by atoms with Crippen molar-refractivity contribution in [3.8, 4) is 5.75 Å². The maximum Gasteiger partial charge on any atom is 0.411 e. The first-order valence-corrected chi connectivity index (χ1v) is 51.6. The van der Waals surface area contributed by atoms with Gasteiger partial charge in [0, 0.05) is 76.7 Å². The number of anilines is 4. The van der Waals surface area contributed by atoms with Gasteiger partial charge in [0.25, 0.3) is 22.0 Å². The van der Waals surface area contributed by atoms with E-state index in [4.69, 9.17) is 24.1 Å². The molecule has 0 radical (unpaired) electrons. The Kier molecular flexibility index (Phi) is 21.6. The average molecular weight is 1660 g/mol. The fraction of sp³-hybridized carbons (Fsp3) is 0.512. The molecule has 1 saturated carbocycles. The topological polar surface area (TPSA) is 310 Å². The van der Waals surface area contributed by atoms with Crippen LogP contribution in [-0.2, 0) is 93.1 Å². The summed E-state index contributed by atoms with van der Waals surface area (Å²) in [4.78, 5) is 44.9. The lowest BCUT2D eigenvalue weighted by atomic mass is 9.82. The Morgan fingerprint density at radius 3 is 1.60 bits per heavy atom. The molecule has 0 bridgehead atoms. The molecule has 7 heterocycles. The van der Waals surface area contributed by atoms with E-state index in [1.165, 1.54) is 20.8 Å². The van der Waals surface area contributed by atoms with Gasteiger partial charge in [-0.1, -0.05) is 150 Å². The van der Waals surface area contributed by atoms with Gasteiger partial charge in [0.15, 0.2) is 11.6 Å². The third-order valence-electron chi connectivity index (χ3n) is 24.1. The Hall–Kier alpha value is -7.22. The van der Waals surface area contributed by atoms with Crippen LogP contribution in [0.2, 0.25) is 51.4 Å². The summed E-state index contributed by atoms with van der Waals surface area (Å²) < 4.78 is 174. The van der Waals surface area contributed by atoms with Crippen LogP contribution in [0.5, 0.6) is 5.75 Å². The average Bonchev–Trinajstić information content (AvgIpc) is 1.54. The van der Waals surface area contributed by atoms with E-state index in [1.54, 1.807) is 77.5 Å². The minimum atomic E-state index is -5.00. The van der Waals surface area contributed by atoms with Crippen LogP contribution < -0.4 is 42.5 Å². The molecule has 24 nitrogen and oxygen atoms in total. The number of likely N-dealkylation sites (tertiary alicyclic amines) is 1. The summed E-state index contributed by atoms with van der Waals surface area (Å²) in [5, 5.41) is 0. The summed E-state index contributed by atoms with van der Waals surface area (Å²) in [5.74, 6) is -3.73. The number of para-hydroxylation sites is 3. The number of benzene rings is 6. The van der Waals surface area contributed by atoms with Gasteiger partial charge in [-0.25, -0.2) is 34.7 Å². The molecule has 3 amide bonds. The van der Waals surface area contributed by atoms with E-state index in [-0.39, 0.29) is 90.9 Å². The molecule has 112 heavy (non-hydrogen) atoms. The van der Waals surface area contributed by atoms with Crippen molar-refractivity contribution in [1.82, 2.24) is 19.1 Å². The van der Waals surface area contributed by atoms with Gasteiger partial charge in [0.2, 0.25) is 25.8 Å². The van der Waals surface area contributed by atoms with Crippen LogP contribution in [0.4, 0.5) is 36.3 Å². The number of carbonyl (C=O) groups excluding carboxylic acids is 3. The third-order valence-corrected chi connectivity index (χ3v) is 34.0. The molecule has 5 N–H and O–H groups in total. The molecule has 6 aromatic carbocycles. The number of nitrogens with two attached hydrogens (primary N) is 1. The standard InChI is InChI=1S/C33H46N4O6S2Si.C29H33F2N3O7S2Si.C17H22N2O2.CH4/c1-31(2)29(43-31)23-13-10-19-33(28-22(23)12-9-16-26(28)36(3)30(33)38)35-45(41,42)34-32-18-11-17-27(32)37(25-15-8-7-14-24(25)32)44(39,40)20-21-46(4,5)6;1-44(2,3)19-18-42(36,37)34-25-15-8-7-12-22(25)29(32-43(38,39)41-26-23(30)13-9-14-24(26)31)16-17-33(27(29)34)28(35)40-20-21-10-5-4-6-11-21;1-16(2)14(21-16)11-7-5-9-17(18)13-10(11)6-4-8-12(13)19(3)15(17)20;/h7-9,12,14-16,23,27,29,34-35H,10-11,13,17-21H2,1-6H3;4-15,27,32H,16-20H2,1-3H3;4,6,8,11,14H,5,7,9,18H2,1-3H3;1H4/t23-,27+,29+,32-,33-;27-,29-;11-,14+,17-;/m000./s1. The lowest BCUT2D eigenvalue weighted by Crippen LogP contribution is -2.61. The van der Waals surface area contributed by atoms with Crippen LogP contribution in [0.3, 0.4) is 0 Å². The Morgan fingerprint density at radius 1 is 0.562 bits per heavy atom. The number of fused-ring (bicyclic) bond motifs is 6. The highest BCUT2D eigenvalue weighted by atomic mass is 32.2. The summed E-state index contributed by atoms with van der Waals surface area (Å²) in [5.41, 5.74) is 8.97. The van der Waals surface area contributed by atoms with E-state index in [0.717, 1.165) is 65.0 Å². The SMILES string of the molecule is C.CN1C(=O)[C@]2(N)CCC[C@H]([C@H]3OC3(C)C)c3cccc1c32.CN1C(=O)[C@]2(NS(=O)(=O)N[C@]34CCC[C@H]3N(S(=O)(=O)CC[Si](C)(C)C)c3ccccc34)CCC[C@H]([C@H]3OC3(C)C)c3cccc1c32.C[Si](C)(C)CCS(=O)(=O)N1c2ccccc2[C@@]2(NS(=O)(=O)Oc3c(F)cccc3F)CCN(C(=O)OCc3ccccc3)[C@@H]12. The van der Waals surface area contributed by atoms with Crippen molar-refractivity contribution in [2.75, 3.05) is 50.6 Å². The molecule has 0 aromatic heterocycles. The van der Waals surface area contributed by atoms with Crippen LogP contribution in [0.1, 0.15) is 150 Å². The fourth-order valence-electron chi connectivity index (χ4n) is 18.6. The highest BCUT2D eigenvalue weighted by molar-refractivity contribution is 7.93. The molecule has 0 unspecified atom stereocenters. The zero-order valence-electron chi connectivity index (χ0n) is 64.8. The number of likely N-dealkylation sites (N-methyl/N-ethyl adjacent to an activating group) is 2. The highest BCUT2D eigenvalue weighted by Gasteiger charge is 2.66. The van der Waals surface area contributed by atoms with Gasteiger partial charge in [-0.05, 0) is 156 Å². The number of hydrogen-bond acceptors (Lipinski definition) is 16. The molecular weight excluding hydrogens is 1550 g/mol. The largest absolute Gasteiger partial charge is 0.444 e. The fourth-order valence-corrected chi connectivity index (χ4v) is 30.9. The Balaban J connectivity index is 0.000000156. The number of nitrogens with one attached hydrogen (secondary N) is 3. The van der Waals surface area contributed by atoms with Crippen molar-refractivity contribution < 1.29 is 75.2 Å². The number of hydrogen-bond donors (Lipinski definition) is 4. The van der Waals surface area contributed by atoms with Gasteiger partial charge in [0.05, 0.1) is 57.9 Å². The lowest BCUT2D eigenvalue weighted by Gasteiger charge is -2.37. The van der Waals surface area contributed by atoms with Gasteiger partial charge in [-0.15, -0.1) is 0 Å². The molecule has 32 heteroatoms. The number of sulfonamides is 2. The number of amides is 3. The van der Waals surface area contributed by atoms with Gasteiger partial charge in [-0.2, -0.15) is 31.0 Å². The zero-order chi connectivity index (χ0) is 80.0. The molecule has 10 aliphatic rings. The molecule has 606 valence electrons. The summed E-state index contributed by atoms with van der Waals surface area (Å²) in [6.07, 6.45) is 3.97. The summed E-state index contributed by atoms with van der Waals surface area (Å²) in [6, 6.07) is 37.6. The van der Waals surface area contributed by atoms with Crippen molar-refractivity contribution in [2.45, 2.75) is 227 Å². The predicted octanol–water partition coefficient (Wildman–Crippen LogP) is 12.5. The minimum absolute atomic E-state index is 0. The highest BCUT2D eigenvalue weighted by Crippen LogP contribution is 2.59. The summed E-state index contributed by atoms with van der Waals surface area (Å²) in [6.45, 7) is 20.7. The molecular formula is C80H105F2N9O15S4Si2. The first-order valence-electron chi connectivity index (χ1n) is 38.1. The molecule has 16 rings (SSSR count). The van der Waals surface area contributed by atoms with Crippen molar-refractivity contribution in [3.05, 3.63) is 184 Å². The van der Waals surface area contributed by atoms with Gasteiger partial charge < -0.3 is 33.9 Å². The van der Waals surface area contributed by atoms with Crippen molar-refractivity contribution in [2.24, 2.45) is 5.73 Å². The second-order valence-corrected chi connectivity index (χ2v) is 52.7. The zero-order valence-corrected chi connectivity index (χ0v) is 70.1. The van der Waals surface area contributed by atoms with Crippen LogP contribution in [0.25, 0.3) is 0 Å². The monoisotopic (exact) mass is 1650 g/mol. The van der Waals surface area contributed by atoms with E-state index >= 15 is 0 Å². The second kappa shape index (κ2) is 29.2. The van der Waals surface area contributed by atoms with E-state index in [1.807, 2.05) is 69.2 Å². The second-order valence-electron chi connectivity index (χ2n) is 34.9. The molecule has 6 aromatic rings. The lowest BCUT2D eigenvalue weighted by molar-refractivity contribution is -0.124. The maximum atomic E-state index is 14.5. The van der Waals surface area contributed by atoms with Crippen molar-refractivity contribution >= 4 is 97.4 Å². The van der Waals surface area contributed by atoms with Gasteiger partial charge >= 0.3 is 16.4 Å². The Bertz CT molecular complexity index is 5180. The predicted molar refractivity (Wildman–Crippen MR) is 434 cm³/mol. The molecule has 3 aliphatic carbocycles. The number of nitrogens with zero attached hydrogens (tertiary/aromatic N) is 5. The molecule has 3 saturated heterocycles. The number of halogens is 2. The summed E-state index contributed by atoms with van der Waals surface area (Å²) >= 11 is 0. The van der Waals surface area contributed by atoms with E-state index in [2.05, 4.69) is 67.6 Å². The van der Waals surface area contributed by atoms with E-state index in [9.17, 15) is 56.8 Å². The molecule has 7 aliphatic heterocycles. The normalized spacial score (nSPS) is 27.5. The van der Waals surface area contributed by atoms with Crippen LogP contribution in [0.15, 0.2) is 133 Å². The van der Waals surface area contributed by atoms with Gasteiger partial charge in [0.1, 0.15) is 29.4 Å². The van der Waals surface area contributed by atoms with Crippen LogP contribution in [0, 0.1) is 11.6 Å². The number of rotatable bonds is 20. The summed E-state index contributed by atoms with van der Waals surface area (Å²) in [7, 11) is -17.2. The van der Waals surface area contributed by atoms with Crippen LogP contribution >= 0.6 is 0 Å². The maximum absolute atomic E-state index is 14.5. The van der Waals surface area contributed by atoms with Crippen LogP contribution in [-0.4, -0.2) is 140 Å². The molecule has 4 fully saturated rings. The number of ether oxygens (including phenoxy) is 3. The Labute approximate surface area is 660 Å². The molecule has 10 atom stereocenters. The van der Waals surface area contributed by atoms with E-state index in [0.29, 0.717) is 78.2 Å². The van der Waals surface area contributed by atoms with Gasteiger partial charge in [-0.3, -0.25) is 18.8 Å². The smallest absolute Gasteiger partial charge is 0.411 e. The quantitative estimate of drug-likeness (QED) is 0.0408.